The summed E-state index contributed by atoms with van der Waals surface area (Å²) >= 11 is 0. The van der Waals surface area contributed by atoms with Gasteiger partial charge in [0.1, 0.15) is 11.3 Å². The van der Waals surface area contributed by atoms with Crippen molar-refractivity contribution in [3.8, 4) is 0 Å². The first-order valence-electron chi connectivity index (χ1n) is 7.41. The highest BCUT2D eigenvalue weighted by Crippen LogP contribution is 2.24. The molecule has 3 rings (SSSR count). The van der Waals surface area contributed by atoms with Crippen LogP contribution in [0.3, 0.4) is 0 Å². The number of carbonyl (C=O) groups is 1. The summed E-state index contributed by atoms with van der Waals surface area (Å²) in [5.41, 5.74) is 6.23. The fourth-order valence-electron chi connectivity index (χ4n) is 2.71. The van der Waals surface area contributed by atoms with Crippen LogP contribution in [-0.2, 0) is 9.53 Å². The van der Waals surface area contributed by atoms with E-state index < -0.39 is 0 Å². The zero-order valence-corrected chi connectivity index (χ0v) is 12.9. The molecule has 0 radical (unpaired) electrons. The standard InChI is InChI=1S/C15H19FN4O3/c1-19(9-14(17)21)7-11-8-20(4-5-22-11)15-18-12-6-10(16)2-3-13(12)23-15/h2-3,6,11H,4-5,7-9H2,1H3,(H2,17,21). The van der Waals surface area contributed by atoms with Crippen LogP contribution in [0.2, 0.25) is 0 Å². The molecule has 1 amide bonds. The molecule has 0 spiro atoms. The number of morpholine rings is 1. The monoisotopic (exact) mass is 322 g/mol. The van der Waals surface area contributed by atoms with Gasteiger partial charge in [-0.15, -0.1) is 0 Å². The molecule has 124 valence electrons. The summed E-state index contributed by atoms with van der Waals surface area (Å²) in [5.74, 6) is -0.716. The van der Waals surface area contributed by atoms with E-state index in [1.165, 1.54) is 12.1 Å². The number of fused-ring (bicyclic) bond motifs is 1. The lowest BCUT2D eigenvalue weighted by molar-refractivity contribution is -0.119. The molecule has 1 aromatic carbocycles. The predicted octanol–water partition coefficient (Wildman–Crippen LogP) is 0.589. The maximum absolute atomic E-state index is 13.2. The van der Waals surface area contributed by atoms with E-state index in [2.05, 4.69) is 4.98 Å². The average molecular weight is 322 g/mol. The fourth-order valence-corrected chi connectivity index (χ4v) is 2.71. The number of oxazole rings is 1. The second-order valence-electron chi connectivity index (χ2n) is 5.71. The van der Waals surface area contributed by atoms with Crippen molar-refractivity contribution in [1.29, 1.82) is 0 Å². The van der Waals surface area contributed by atoms with E-state index >= 15 is 0 Å². The van der Waals surface area contributed by atoms with Crippen LogP contribution in [0.1, 0.15) is 0 Å². The molecule has 1 saturated heterocycles. The van der Waals surface area contributed by atoms with Gasteiger partial charge in [-0.2, -0.15) is 4.98 Å². The molecule has 1 fully saturated rings. The van der Waals surface area contributed by atoms with Crippen LogP contribution >= 0.6 is 0 Å². The van der Waals surface area contributed by atoms with Crippen molar-refractivity contribution < 1.29 is 18.3 Å². The number of hydrogen-bond acceptors (Lipinski definition) is 6. The lowest BCUT2D eigenvalue weighted by Gasteiger charge is -2.33. The van der Waals surface area contributed by atoms with Crippen molar-refractivity contribution in [2.75, 3.05) is 44.7 Å². The third-order valence-corrected chi connectivity index (χ3v) is 3.69. The predicted molar refractivity (Wildman–Crippen MR) is 82.6 cm³/mol. The van der Waals surface area contributed by atoms with Gasteiger partial charge in [-0.05, 0) is 19.2 Å². The van der Waals surface area contributed by atoms with Gasteiger partial charge in [0.2, 0.25) is 5.91 Å². The SMILES string of the molecule is CN(CC(N)=O)CC1CN(c2nc3cc(F)ccc3o2)CCO1. The number of hydrogen-bond donors (Lipinski definition) is 1. The summed E-state index contributed by atoms with van der Waals surface area (Å²) in [6.45, 7) is 2.52. The molecule has 2 heterocycles. The molecule has 23 heavy (non-hydrogen) atoms. The van der Waals surface area contributed by atoms with E-state index in [4.69, 9.17) is 14.9 Å². The van der Waals surface area contributed by atoms with Crippen LogP contribution in [0, 0.1) is 5.82 Å². The maximum Gasteiger partial charge on any atom is 0.298 e. The van der Waals surface area contributed by atoms with Crippen molar-refractivity contribution >= 4 is 23.0 Å². The number of nitrogens with two attached hydrogens (primary N) is 1. The minimum Gasteiger partial charge on any atom is -0.423 e. The van der Waals surface area contributed by atoms with Gasteiger partial charge < -0.3 is 19.8 Å². The van der Waals surface area contributed by atoms with Crippen LogP contribution in [0.25, 0.3) is 11.1 Å². The van der Waals surface area contributed by atoms with Gasteiger partial charge in [0, 0.05) is 25.7 Å². The second kappa shape index (κ2) is 6.51. The average Bonchev–Trinajstić information content (AvgIpc) is 2.89. The van der Waals surface area contributed by atoms with Crippen LogP contribution < -0.4 is 10.6 Å². The Hall–Kier alpha value is -2.19. The van der Waals surface area contributed by atoms with Crippen molar-refractivity contribution in [3.63, 3.8) is 0 Å². The maximum atomic E-state index is 13.2. The Morgan fingerprint density at radius 3 is 3.17 bits per heavy atom. The van der Waals surface area contributed by atoms with Crippen LogP contribution in [0.4, 0.5) is 10.4 Å². The number of rotatable bonds is 5. The molecule has 2 aromatic rings. The number of benzene rings is 1. The molecule has 1 aliphatic heterocycles. The number of aromatic nitrogens is 1. The number of primary amides is 1. The summed E-state index contributed by atoms with van der Waals surface area (Å²) in [5, 5.41) is 0. The summed E-state index contributed by atoms with van der Waals surface area (Å²) < 4.78 is 24.6. The lowest BCUT2D eigenvalue weighted by Crippen LogP contribution is -2.48. The van der Waals surface area contributed by atoms with E-state index in [-0.39, 0.29) is 24.4 Å². The Kier molecular flexibility index (Phi) is 4.44. The minimum absolute atomic E-state index is 0.0835. The molecule has 7 nitrogen and oxygen atoms in total. The molecular weight excluding hydrogens is 303 g/mol. The number of ether oxygens (including phenoxy) is 1. The number of anilines is 1. The Morgan fingerprint density at radius 1 is 1.57 bits per heavy atom. The quantitative estimate of drug-likeness (QED) is 0.867. The third-order valence-electron chi connectivity index (χ3n) is 3.69. The molecule has 0 aliphatic carbocycles. The molecule has 2 N–H and O–H groups in total. The van der Waals surface area contributed by atoms with Gasteiger partial charge in [0.15, 0.2) is 5.58 Å². The molecule has 0 saturated carbocycles. The van der Waals surface area contributed by atoms with E-state index in [9.17, 15) is 9.18 Å². The van der Waals surface area contributed by atoms with Crippen molar-refractivity contribution in [3.05, 3.63) is 24.0 Å². The number of amides is 1. The van der Waals surface area contributed by atoms with Gasteiger partial charge >= 0.3 is 0 Å². The fraction of sp³-hybridized carbons (Fsp3) is 0.467. The summed E-state index contributed by atoms with van der Waals surface area (Å²) in [7, 11) is 1.81. The first kappa shape index (κ1) is 15.7. The van der Waals surface area contributed by atoms with Gasteiger partial charge in [0.25, 0.3) is 6.01 Å². The topological polar surface area (TPSA) is 84.8 Å². The van der Waals surface area contributed by atoms with Crippen molar-refractivity contribution in [2.45, 2.75) is 6.10 Å². The molecule has 1 unspecified atom stereocenters. The van der Waals surface area contributed by atoms with Crippen LogP contribution in [0.5, 0.6) is 0 Å². The Morgan fingerprint density at radius 2 is 2.39 bits per heavy atom. The van der Waals surface area contributed by atoms with E-state index in [0.717, 1.165) is 0 Å². The zero-order chi connectivity index (χ0) is 16.4. The largest absolute Gasteiger partial charge is 0.423 e. The normalized spacial score (nSPS) is 18.7. The van der Waals surface area contributed by atoms with E-state index in [1.54, 1.807) is 6.07 Å². The summed E-state index contributed by atoms with van der Waals surface area (Å²) in [6, 6.07) is 4.72. The third kappa shape index (κ3) is 3.77. The molecule has 8 heteroatoms. The Labute approximate surface area is 132 Å². The lowest BCUT2D eigenvalue weighted by atomic mass is 10.2. The van der Waals surface area contributed by atoms with Crippen LogP contribution in [-0.4, -0.2) is 61.7 Å². The number of halogens is 1. The number of carbonyl (C=O) groups excluding carboxylic acids is 1. The molecule has 1 atom stereocenters. The summed E-state index contributed by atoms with van der Waals surface area (Å²) in [6.07, 6.45) is -0.0835. The number of likely N-dealkylation sites (N-methyl/N-ethyl adjacent to an activating group) is 1. The van der Waals surface area contributed by atoms with Crippen molar-refractivity contribution in [1.82, 2.24) is 9.88 Å². The van der Waals surface area contributed by atoms with Crippen molar-refractivity contribution in [2.24, 2.45) is 5.73 Å². The first-order chi connectivity index (χ1) is 11.0. The van der Waals surface area contributed by atoms with E-state index in [0.29, 0.717) is 43.4 Å². The zero-order valence-electron chi connectivity index (χ0n) is 12.9. The summed E-state index contributed by atoms with van der Waals surface area (Å²) in [4.78, 5) is 19.1. The van der Waals surface area contributed by atoms with Gasteiger partial charge in [0.05, 0.1) is 19.3 Å². The van der Waals surface area contributed by atoms with Gasteiger partial charge in [-0.25, -0.2) is 4.39 Å². The van der Waals surface area contributed by atoms with Crippen LogP contribution in [0.15, 0.2) is 22.6 Å². The molecular formula is C15H19FN4O3. The molecule has 1 aliphatic rings. The first-order valence-corrected chi connectivity index (χ1v) is 7.41. The Balaban J connectivity index is 1.68. The number of nitrogens with zero attached hydrogens (tertiary/aromatic N) is 3. The van der Waals surface area contributed by atoms with Gasteiger partial charge in [-0.1, -0.05) is 0 Å². The molecule has 0 bridgehead atoms. The molecule has 1 aromatic heterocycles. The second-order valence-corrected chi connectivity index (χ2v) is 5.71. The highest BCUT2D eigenvalue weighted by atomic mass is 19.1. The van der Waals surface area contributed by atoms with E-state index in [1.807, 2.05) is 16.8 Å². The van der Waals surface area contributed by atoms with Gasteiger partial charge in [-0.3, -0.25) is 9.69 Å². The minimum atomic E-state index is -0.374. The smallest absolute Gasteiger partial charge is 0.298 e. The highest BCUT2D eigenvalue weighted by molar-refractivity contribution is 5.76. The highest BCUT2D eigenvalue weighted by Gasteiger charge is 2.25. The Bertz CT molecular complexity index is 705.